The van der Waals surface area contributed by atoms with E-state index in [9.17, 15) is 0 Å². The first-order valence-electron chi connectivity index (χ1n) is 5.56. The highest BCUT2D eigenvalue weighted by Gasteiger charge is 2.27. The van der Waals surface area contributed by atoms with Crippen LogP contribution in [0.4, 0.5) is 5.82 Å². The Kier molecular flexibility index (Phi) is 3.29. The minimum atomic E-state index is 0.665. The number of aromatic nitrogens is 1. The molecule has 0 N–H and O–H groups in total. The molecule has 1 aromatic rings. The highest BCUT2D eigenvalue weighted by molar-refractivity contribution is 9.10. The van der Waals surface area contributed by atoms with Gasteiger partial charge in [-0.15, -0.1) is 0 Å². The minimum Gasteiger partial charge on any atom is -0.353 e. The average molecular weight is 269 g/mol. The van der Waals surface area contributed by atoms with Crippen LogP contribution in [0.15, 0.2) is 22.8 Å². The van der Waals surface area contributed by atoms with Gasteiger partial charge >= 0.3 is 0 Å². The third-order valence-corrected chi connectivity index (χ3v) is 3.54. The molecular formula is C12H17BrN2. The van der Waals surface area contributed by atoms with E-state index in [1.54, 1.807) is 0 Å². The van der Waals surface area contributed by atoms with E-state index in [1.807, 2.05) is 6.20 Å². The molecule has 2 rings (SSSR count). The van der Waals surface area contributed by atoms with Gasteiger partial charge in [0.15, 0.2) is 0 Å². The highest BCUT2D eigenvalue weighted by atomic mass is 79.9. The number of halogens is 1. The molecule has 1 unspecified atom stereocenters. The summed E-state index contributed by atoms with van der Waals surface area (Å²) in [6.45, 7) is 5.74. The van der Waals surface area contributed by atoms with Gasteiger partial charge in [-0.2, -0.15) is 0 Å². The number of nitrogens with zero attached hydrogens (tertiary/aromatic N) is 2. The second kappa shape index (κ2) is 4.52. The summed E-state index contributed by atoms with van der Waals surface area (Å²) in [5.74, 6) is 1.83. The summed E-state index contributed by atoms with van der Waals surface area (Å²) >= 11 is 3.42. The zero-order valence-electron chi connectivity index (χ0n) is 9.28. The van der Waals surface area contributed by atoms with E-state index in [2.05, 4.69) is 51.8 Å². The quantitative estimate of drug-likeness (QED) is 0.817. The molecule has 0 aromatic carbocycles. The lowest BCUT2D eigenvalue weighted by Crippen LogP contribution is -2.33. The Morgan fingerprint density at radius 1 is 1.47 bits per heavy atom. The summed E-state index contributed by atoms with van der Waals surface area (Å²) < 4.78 is 1.05. The monoisotopic (exact) mass is 268 g/mol. The Labute approximate surface area is 99.8 Å². The lowest BCUT2D eigenvalue weighted by atomic mass is 10.0. The molecule has 15 heavy (non-hydrogen) atoms. The summed E-state index contributed by atoms with van der Waals surface area (Å²) in [5.41, 5.74) is 0. The Morgan fingerprint density at radius 3 is 2.87 bits per heavy atom. The highest BCUT2D eigenvalue weighted by Crippen LogP contribution is 2.28. The number of pyridine rings is 1. The van der Waals surface area contributed by atoms with Gasteiger partial charge in [0.2, 0.25) is 0 Å². The van der Waals surface area contributed by atoms with Gasteiger partial charge in [-0.05, 0) is 46.8 Å². The molecule has 2 nitrogen and oxygen atoms in total. The zero-order valence-corrected chi connectivity index (χ0v) is 10.9. The maximum Gasteiger partial charge on any atom is 0.128 e. The van der Waals surface area contributed by atoms with E-state index in [4.69, 9.17) is 0 Å². The number of rotatable bonds is 2. The molecule has 0 bridgehead atoms. The normalized spacial score (nSPS) is 21.3. The van der Waals surface area contributed by atoms with Crippen molar-refractivity contribution >= 4 is 21.7 Å². The van der Waals surface area contributed by atoms with Gasteiger partial charge in [-0.3, -0.25) is 0 Å². The van der Waals surface area contributed by atoms with Crippen molar-refractivity contribution < 1.29 is 0 Å². The zero-order chi connectivity index (χ0) is 10.8. The van der Waals surface area contributed by atoms with Crippen LogP contribution in [0.2, 0.25) is 0 Å². The predicted molar refractivity (Wildman–Crippen MR) is 67.1 cm³/mol. The van der Waals surface area contributed by atoms with Crippen molar-refractivity contribution in [2.45, 2.75) is 32.7 Å². The fourth-order valence-corrected chi connectivity index (χ4v) is 2.54. The Balaban J connectivity index is 2.19. The molecule has 1 atom stereocenters. The fraction of sp³-hybridized carbons (Fsp3) is 0.583. The summed E-state index contributed by atoms with van der Waals surface area (Å²) in [7, 11) is 0. The van der Waals surface area contributed by atoms with E-state index in [0.29, 0.717) is 12.0 Å². The van der Waals surface area contributed by atoms with E-state index in [1.165, 1.54) is 12.8 Å². The Hall–Kier alpha value is -0.570. The molecule has 0 spiro atoms. The second-order valence-corrected chi connectivity index (χ2v) is 5.40. The largest absolute Gasteiger partial charge is 0.353 e. The maximum absolute atomic E-state index is 4.47. The third kappa shape index (κ3) is 2.33. The standard InChI is InChI=1S/C12H17BrN2/c1-9(2)11-4-3-7-15(11)12-6-5-10(13)8-14-12/h5-6,8-9,11H,3-4,7H2,1-2H3. The molecule has 1 aliphatic heterocycles. The van der Waals surface area contributed by atoms with Crippen LogP contribution < -0.4 is 4.90 Å². The third-order valence-electron chi connectivity index (χ3n) is 3.07. The number of anilines is 1. The van der Waals surface area contributed by atoms with Crippen LogP contribution in [0, 0.1) is 5.92 Å². The molecule has 82 valence electrons. The minimum absolute atomic E-state index is 0.665. The van der Waals surface area contributed by atoms with E-state index < -0.39 is 0 Å². The van der Waals surface area contributed by atoms with Crippen molar-refractivity contribution in [1.82, 2.24) is 4.98 Å². The van der Waals surface area contributed by atoms with Gasteiger partial charge < -0.3 is 4.90 Å². The van der Waals surface area contributed by atoms with Crippen LogP contribution >= 0.6 is 15.9 Å². The van der Waals surface area contributed by atoms with Crippen LogP contribution in [-0.4, -0.2) is 17.6 Å². The summed E-state index contributed by atoms with van der Waals surface area (Å²) in [5, 5.41) is 0. The Morgan fingerprint density at radius 2 is 2.27 bits per heavy atom. The second-order valence-electron chi connectivity index (χ2n) is 4.48. The van der Waals surface area contributed by atoms with Crippen molar-refractivity contribution in [3.8, 4) is 0 Å². The first-order valence-corrected chi connectivity index (χ1v) is 6.36. The SMILES string of the molecule is CC(C)C1CCCN1c1ccc(Br)cn1. The van der Waals surface area contributed by atoms with Crippen molar-refractivity contribution in [2.24, 2.45) is 5.92 Å². The molecule has 0 amide bonds. The van der Waals surface area contributed by atoms with Crippen LogP contribution in [0.5, 0.6) is 0 Å². The van der Waals surface area contributed by atoms with Gasteiger partial charge in [-0.1, -0.05) is 13.8 Å². The van der Waals surface area contributed by atoms with Gasteiger partial charge in [0.25, 0.3) is 0 Å². The molecule has 0 aliphatic carbocycles. The van der Waals surface area contributed by atoms with Crippen LogP contribution in [0.1, 0.15) is 26.7 Å². The fourth-order valence-electron chi connectivity index (χ4n) is 2.31. The molecule has 1 fully saturated rings. The van der Waals surface area contributed by atoms with Gasteiger partial charge in [0, 0.05) is 23.3 Å². The molecule has 0 radical (unpaired) electrons. The lowest BCUT2D eigenvalue weighted by molar-refractivity contribution is 0.489. The molecule has 1 aromatic heterocycles. The van der Waals surface area contributed by atoms with E-state index in [0.717, 1.165) is 16.8 Å². The Bertz CT molecular complexity index is 321. The molecular weight excluding hydrogens is 252 g/mol. The summed E-state index contributed by atoms with van der Waals surface area (Å²) in [4.78, 5) is 6.91. The van der Waals surface area contributed by atoms with Gasteiger partial charge in [-0.25, -0.2) is 4.98 Å². The first kappa shape index (κ1) is 10.9. The molecule has 3 heteroatoms. The molecule has 2 heterocycles. The van der Waals surface area contributed by atoms with Gasteiger partial charge in [0.1, 0.15) is 5.82 Å². The number of hydrogen-bond donors (Lipinski definition) is 0. The van der Waals surface area contributed by atoms with E-state index >= 15 is 0 Å². The first-order chi connectivity index (χ1) is 7.18. The predicted octanol–water partition coefficient (Wildman–Crippen LogP) is 3.47. The summed E-state index contributed by atoms with van der Waals surface area (Å²) in [6, 6.07) is 4.83. The summed E-state index contributed by atoms with van der Waals surface area (Å²) in [6.07, 6.45) is 4.47. The number of hydrogen-bond acceptors (Lipinski definition) is 2. The maximum atomic E-state index is 4.47. The van der Waals surface area contributed by atoms with E-state index in [-0.39, 0.29) is 0 Å². The van der Waals surface area contributed by atoms with Crippen molar-refractivity contribution in [3.63, 3.8) is 0 Å². The molecule has 1 saturated heterocycles. The molecule has 1 aliphatic rings. The van der Waals surface area contributed by atoms with Crippen molar-refractivity contribution in [2.75, 3.05) is 11.4 Å². The molecule has 0 saturated carbocycles. The topological polar surface area (TPSA) is 16.1 Å². The van der Waals surface area contributed by atoms with Crippen molar-refractivity contribution in [1.29, 1.82) is 0 Å². The van der Waals surface area contributed by atoms with Crippen LogP contribution in [-0.2, 0) is 0 Å². The van der Waals surface area contributed by atoms with Crippen LogP contribution in [0.25, 0.3) is 0 Å². The average Bonchev–Trinajstić information content (AvgIpc) is 2.67. The smallest absolute Gasteiger partial charge is 0.128 e. The van der Waals surface area contributed by atoms with Crippen molar-refractivity contribution in [3.05, 3.63) is 22.8 Å². The lowest BCUT2D eigenvalue weighted by Gasteiger charge is -2.28. The van der Waals surface area contributed by atoms with Gasteiger partial charge in [0.05, 0.1) is 0 Å². The van der Waals surface area contributed by atoms with Crippen LogP contribution in [0.3, 0.4) is 0 Å².